The summed E-state index contributed by atoms with van der Waals surface area (Å²) in [5.41, 5.74) is 2.75. The van der Waals surface area contributed by atoms with Crippen LogP contribution in [0.4, 0.5) is 17.2 Å². The summed E-state index contributed by atoms with van der Waals surface area (Å²) < 4.78 is 0. The second kappa shape index (κ2) is 5.87. The van der Waals surface area contributed by atoms with Crippen molar-refractivity contribution in [2.45, 2.75) is 6.92 Å². The number of benzene rings is 1. The molecule has 4 heteroatoms. The molecular weight excluding hydrogens is 236 g/mol. The number of rotatable bonds is 4. The number of hydrogen-bond acceptors (Lipinski definition) is 4. The van der Waals surface area contributed by atoms with Gasteiger partial charge in [-0.15, -0.1) is 0 Å². The van der Waals surface area contributed by atoms with Crippen molar-refractivity contribution < 1.29 is 0 Å². The van der Waals surface area contributed by atoms with E-state index in [0.717, 1.165) is 23.7 Å². The quantitative estimate of drug-likeness (QED) is 0.908. The number of nitriles is 1. The maximum absolute atomic E-state index is 8.80. The molecule has 0 aliphatic carbocycles. The number of nitrogens with zero attached hydrogens (tertiary/aromatic N) is 3. The van der Waals surface area contributed by atoms with Crippen LogP contribution in [0.1, 0.15) is 12.5 Å². The van der Waals surface area contributed by atoms with Crippen LogP contribution in [0.3, 0.4) is 0 Å². The molecule has 0 atom stereocenters. The number of hydrogen-bond donors (Lipinski definition) is 1. The van der Waals surface area contributed by atoms with Crippen LogP contribution < -0.4 is 10.2 Å². The van der Waals surface area contributed by atoms with Crippen molar-refractivity contribution >= 4 is 17.2 Å². The summed E-state index contributed by atoms with van der Waals surface area (Å²) in [6.45, 7) is 2.88. The molecule has 0 unspecified atom stereocenters. The molecule has 0 radical (unpaired) electrons. The van der Waals surface area contributed by atoms with Gasteiger partial charge in [0.25, 0.3) is 0 Å². The lowest BCUT2D eigenvalue weighted by Crippen LogP contribution is -2.10. The van der Waals surface area contributed by atoms with Crippen LogP contribution in [-0.4, -0.2) is 18.6 Å². The third-order valence-electron chi connectivity index (χ3n) is 2.87. The van der Waals surface area contributed by atoms with E-state index in [1.54, 1.807) is 6.20 Å². The van der Waals surface area contributed by atoms with Gasteiger partial charge in [-0.05, 0) is 37.3 Å². The van der Waals surface area contributed by atoms with E-state index in [9.17, 15) is 0 Å². The fourth-order valence-electron chi connectivity index (χ4n) is 1.81. The molecule has 96 valence electrons. The molecule has 2 rings (SSSR count). The summed E-state index contributed by atoms with van der Waals surface area (Å²) in [5, 5.41) is 12.0. The Morgan fingerprint density at radius 1 is 1.21 bits per heavy atom. The van der Waals surface area contributed by atoms with Gasteiger partial charge in [0.1, 0.15) is 5.82 Å². The van der Waals surface area contributed by atoms with Gasteiger partial charge < -0.3 is 10.2 Å². The standard InChI is InChI=1S/C15H16N4/c1-3-17-15-10-14(8-9-18-15)19(2)13-6-4-12(11-16)5-7-13/h4-10H,3H2,1-2H3,(H,17,18). The smallest absolute Gasteiger partial charge is 0.127 e. The molecule has 1 aromatic heterocycles. The zero-order chi connectivity index (χ0) is 13.7. The van der Waals surface area contributed by atoms with Crippen LogP contribution >= 0.6 is 0 Å². The third kappa shape index (κ3) is 3.02. The lowest BCUT2D eigenvalue weighted by atomic mass is 10.2. The predicted octanol–water partition coefficient (Wildman–Crippen LogP) is 3.15. The van der Waals surface area contributed by atoms with Gasteiger partial charge in [0, 0.05) is 37.2 Å². The Morgan fingerprint density at radius 2 is 1.95 bits per heavy atom. The van der Waals surface area contributed by atoms with Crippen LogP contribution in [0.2, 0.25) is 0 Å². The topological polar surface area (TPSA) is 52.0 Å². The highest BCUT2D eigenvalue weighted by molar-refractivity contribution is 5.65. The van der Waals surface area contributed by atoms with Gasteiger partial charge >= 0.3 is 0 Å². The van der Waals surface area contributed by atoms with Crippen LogP contribution in [-0.2, 0) is 0 Å². The Balaban J connectivity index is 2.25. The van der Waals surface area contributed by atoms with Gasteiger partial charge in [0.05, 0.1) is 11.6 Å². The lowest BCUT2D eigenvalue weighted by molar-refractivity contribution is 1.14. The van der Waals surface area contributed by atoms with Crippen molar-refractivity contribution in [2.75, 3.05) is 23.8 Å². The van der Waals surface area contributed by atoms with Crippen molar-refractivity contribution in [3.63, 3.8) is 0 Å². The van der Waals surface area contributed by atoms with Gasteiger partial charge in [-0.25, -0.2) is 4.98 Å². The number of pyridine rings is 1. The van der Waals surface area contributed by atoms with E-state index in [1.807, 2.05) is 50.4 Å². The molecule has 0 amide bonds. The molecule has 0 saturated heterocycles. The van der Waals surface area contributed by atoms with Crippen LogP contribution in [0.15, 0.2) is 42.6 Å². The van der Waals surface area contributed by atoms with E-state index in [4.69, 9.17) is 5.26 Å². The Bertz CT molecular complexity index is 584. The summed E-state index contributed by atoms with van der Waals surface area (Å²) in [5.74, 6) is 0.862. The number of nitrogens with one attached hydrogen (secondary N) is 1. The highest BCUT2D eigenvalue weighted by atomic mass is 15.1. The normalized spacial score (nSPS) is 9.74. The first-order valence-corrected chi connectivity index (χ1v) is 6.18. The highest BCUT2D eigenvalue weighted by Crippen LogP contribution is 2.24. The second-order valence-corrected chi connectivity index (χ2v) is 4.15. The van der Waals surface area contributed by atoms with E-state index >= 15 is 0 Å². The van der Waals surface area contributed by atoms with E-state index in [-0.39, 0.29) is 0 Å². The molecule has 0 aliphatic heterocycles. The zero-order valence-electron chi connectivity index (χ0n) is 11.1. The molecule has 0 spiro atoms. The predicted molar refractivity (Wildman–Crippen MR) is 77.6 cm³/mol. The van der Waals surface area contributed by atoms with Gasteiger partial charge in [-0.1, -0.05) is 0 Å². The summed E-state index contributed by atoms with van der Waals surface area (Å²) in [6, 6.07) is 13.6. The first-order valence-electron chi connectivity index (χ1n) is 6.18. The van der Waals surface area contributed by atoms with Gasteiger partial charge in [-0.3, -0.25) is 0 Å². The molecule has 0 fully saturated rings. The maximum atomic E-state index is 8.80. The fourth-order valence-corrected chi connectivity index (χ4v) is 1.81. The fraction of sp³-hybridized carbons (Fsp3) is 0.200. The van der Waals surface area contributed by atoms with E-state index < -0.39 is 0 Å². The Morgan fingerprint density at radius 3 is 2.58 bits per heavy atom. The van der Waals surface area contributed by atoms with Crippen LogP contribution in [0.25, 0.3) is 0 Å². The summed E-state index contributed by atoms with van der Waals surface area (Å²) in [4.78, 5) is 6.31. The molecule has 19 heavy (non-hydrogen) atoms. The zero-order valence-corrected chi connectivity index (χ0v) is 11.1. The third-order valence-corrected chi connectivity index (χ3v) is 2.87. The van der Waals surface area contributed by atoms with Crippen molar-refractivity contribution in [3.8, 4) is 6.07 Å². The molecule has 0 aliphatic rings. The molecule has 4 nitrogen and oxygen atoms in total. The van der Waals surface area contributed by atoms with Gasteiger partial charge in [0.15, 0.2) is 0 Å². The SMILES string of the molecule is CCNc1cc(N(C)c2ccc(C#N)cc2)ccn1. The molecule has 1 N–H and O–H groups in total. The summed E-state index contributed by atoms with van der Waals surface area (Å²) >= 11 is 0. The maximum Gasteiger partial charge on any atom is 0.127 e. The average Bonchev–Trinajstić information content (AvgIpc) is 2.47. The van der Waals surface area contributed by atoms with Crippen molar-refractivity contribution in [1.29, 1.82) is 5.26 Å². The lowest BCUT2D eigenvalue weighted by Gasteiger charge is -2.20. The monoisotopic (exact) mass is 252 g/mol. The Kier molecular flexibility index (Phi) is 3.99. The van der Waals surface area contributed by atoms with Crippen LogP contribution in [0, 0.1) is 11.3 Å². The molecule has 2 aromatic rings. The second-order valence-electron chi connectivity index (χ2n) is 4.15. The van der Waals surface area contributed by atoms with Gasteiger partial charge in [-0.2, -0.15) is 5.26 Å². The Labute approximate surface area is 113 Å². The van der Waals surface area contributed by atoms with E-state index in [2.05, 4.69) is 21.3 Å². The van der Waals surface area contributed by atoms with Crippen molar-refractivity contribution in [2.24, 2.45) is 0 Å². The molecular formula is C15H16N4. The average molecular weight is 252 g/mol. The van der Waals surface area contributed by atoms with Gasteiger partial charge in [0.2, 0.25) is 0 Å². The molecule has 0 saturated carbocycles. The largest absolute Gasteiger partial charge is 0.370 e. The number of aromatic nitrogens is 1. The van der Waals surface area contributed by atoms with Crippen LogP contribution in [0.5, 0.6) is 0 Å². The van der Waals surface area contributed by atoms with E-state index in [1.165, 1.54) is 0 Å². The highest BCUT2D eigenvalue weighted by Gasteiger charge is 2.05. The van der Waals surface area contributed by atoms with Crippen molar-refractivity contribution in [3.05, 3.63) is 48.2 Å². The molecule has 1 heterocycles. The summed E-state index contributed by atoms with van der Waals surface area (Å²) in [7, 11) is 1.99. The minimum absolute atomic E-state index is 0.667. The van der Waals surface area contributed by atoms with E-state index in [0.29, 0.717) is 5.56 Å². The summed E-state index contributed by atoms with van der Waals surface area (Å²) in [6.07, 6.45) is 1.79. The first-order chi connectivity index (χ1) is 9.24. The number of anilines is 3. The minimum atomic E-state index is 0.667. The minimum Gasteiger partial charge on any atom is -0.370 e. The first kappa shape index (κ1) is 12.9. The van der Waals surface area contributed by atoms with Crippen molar-refractivity contribution in [1.82, 2.24) is 4.98 Å². The Hall–Kier alpha value is -2.54. The molecule has 0 bridgehead atoms. The molecule has 1 aromatic carbocycles.